The molecule has 2 rings (SSSR count). The van der Waals surface area contributed by atoms with Gasteiger partial charge < -0.3 is 10.1 Å². The van der Waals surface area contributed by atoms with Crippen LogP contribution in [0.1, 0.15) is 37.8 Å². The molecule has 100 valence electrons. The van der Waals surface area contributed by atoms with E-state index >= 15 is 0 Å². The Morgan fingerprint density at radius 2 is 2.11 bits per heavy atom. The maximum absolute atomic E-state index is 5.52. The Hall–Kier alpha value is -1.02. The first-order chi connectivity index (χ1) is 8.83. The number of ether oxygens (including phenoxy) is 1. The van der Waals surface area contributed by atoms with E-state index in [0.717, 1.165) is 44.2 Å². The average Bonchev–Trinajstić information content (AvgIpc) is 2.86. The summed E-state index contributed by atoms with van der Waals surface area (Å²) in [6.07, 6.45) is 4.75. The lowest BCUT2D eigenvalue weighted by Gasteiger charge is -2.13. The van der Waals surface area contributed by atoms with Crippen molar-refractivity contribution in [1.82, 2.24) is 5.32 Å². The van der Waals surface area contributed by atoms with Gasteiger partial charge in [-0.05, 0) is 42.6 Å². The highest BCUT2D eigenvalue weighted by Gasteiger charge is 2.11. The molecule has 0 bridgehead atoms. The first-order valence-corrected chi connectivity index (χ1v) is 7.28. The summed E-state index contributed by atoms with van der Waals surface area (Å²) in [5.74, 6) is 1.92. The summed E-state index contributed by atoms with van der Waals surface area (Å²) in [5.41, 5.74) is 2.81. The van der Waals surface area contributed by atoms with Gasteiger partial charge in [0, 0.05) is 6.42 Å². The molecule has 1 aromatic carbocycles. The predicted octanol–water partition coefficient (Wildman–Crippen LogP) is 3.19. The molecule has 0 atom stereocenters. The minimum atomic E-state index is 0.832. The number of fused-ring (bicyclic) bond motifs is 1. The Kier molecular flexibility index (Phi) is 5.06. The van der Waals surface area contributed by atoms with E-state index < -0.39 is 0 Å². The molecule has 2 heteroatoms. The normalized spacial score (nSPS) is 13.7. The van der Waals surface area contributed by atoms with Crippen LogP contribution in [-0.2, 0) is 12.8 Å². The highest BCUT2D eigenvalue weighted by Crippen LogP contribution is 2.25. The molecule has 0 radical (unpaired) electrons. The second-order valence-corrected chi connectivity index (χ2v) is 5.18. The van der Waals surface area contributed by atoms with Gasteiger partial charge >= 0.3 is 0 Å². The molecule has 0 aromatic heterocycles. The zero-order chi connectivity index (χ0) is 12.8. The minimum Gasteiger partial charge on any atom is -0.493 e. The van der Waals surface area contributed by atoms with Crippen LogP contribution in [0.15, 0.2) is 18.2 Å². The Morgan fingerprint density at radius 1 is 1.28 bits per heavy atom. The molecular formula is C16H25NO. The van der Waals surface area contributed by atoms with E-state index in [1.165, 1.54) is 24.0 Å². The van der Waals surface area contributed by atoms with E-state index in [2.05, 4.69) is 37.4 Å². The van der Waals surface area contributed by atoms with Gasteiger partial charge in [0.05, 0.1) is 6.61 Å². The van der Waals surface area contributed by atoms with Crippen LogP contribution in [0.25, 0.3) is 0 Å². The van der Waals surface area contributed by atoms with Crippen LogP contribution < -0.4 is 10.1 Å². The van der Waals surface area contributed by atoms with Crippen LogP contribution >= 0.6 is 0 Å². The first-order valence-electron chi connectivity index (χ1n) is 7.28. The molecule has 0 spiro atoms. The van der Waals surface area contributed by atoms with Crippen LogP contribution in [0.3, 0.4) is 0 Å². The van der Waals surface area contributed by atoms with Gasteiger partial charge in [-0.1, -0.05) is 38.8 Å². The highest BCUT2D eigenvalue weighted by molar-refractivity contribution is 5.39. The number of rotatable bonds is 7. The molecule has 0 amide bonds. The van der Waals surface area contributed by atoms with Crippen molar-refractivity contribution < 1.29 is 4.74 Å². The second-order valence-electron chi connectivity index (χ2n) is 5.18. The first kappa shape index (κ1) is 13.4. The van der Waals surface area contributed by atoms with Gasteiger partial charge in [-0.2, -0.15) is 0 Å². The van der Waals surface area contributed by atoms with Gasteiger partial charge in [0.1, 0.15) is 5.75 Å². The predicted molar refractivity (Wildman–Crippen MR) is 76.3 cm³/mol. The summed E-state index contributed by atoms with van der Waals surface area (Å²) in [5, 5.41) is 3.57. The number of hydrogen-bond acceptors (Lipinski definition) is 2. The second kappa shape index (κ2) is 6.79. The Balaban J connectivity index is 1.74. The molecule has 0 saturated heterocycles. The van der Waals surface area contributed by atoms with Gasteiger partial charge in [-0.3, -0.25) is 0 Å². The third-order valence-electron chi connectivity index (χ3n) is 3.93. The molecular weight excluding hydrogens is 222 g/mol. The van der Waals surface area contributed by atoms with Crippen LogP contribution in [-0.4, -0.2) is 19.7 Å². The molecule has 18 heavy (non-hydrogen) atoms. The molecule has 1 aliphatic rings. The quantitative estimate of drug-likeness (QED) is 0.747. The standard InChI is InChI=1S/C16H25NO/c1-3-13(4-2)12-17-9-7-14-5-6-16-15(11-14)8-10-18-16/h5-6,11,13,17H,3-4,7-10,12H2,1-2H3. The lowest BCUT2D eigenvalue weighted by atomic mass is 10.0. The molecule has 0 aliphatic carbocycles. The van der Waals surface area contributed by atoms with Crippen molar-refractivity contribution in [2.24, 2.45) is 5.92 Å². The van der Waals surface area contributed by atoms with E-state index in [-0.39, 0.29) is 0 Å². The lowest BCUT2D eigenvalue weighted by Crippen LogP contribution is -2.24. The summed E-state index contributed by atoms with van der Waals surface area (Å²) in [4.78, 5) is 0. The Morgan fingerprint density at radius 3 is 2.89 bits per heavy atom. The van der Waals surface area contributed by atoms with Gasteiger partial charge in [-0.25, -0.2) is 0 Å². The zero-order valence-corrected chi connectivity index (χ0v) is 11.7. The number of nitrogens with one attached hydrogen (secondary N) is 1. The van der Waals surface area contributed by atoms with E-state index in [9.17, 15) is 0 Å². The molecule has 1 N–H and O–H groups in total. The van der Waals surface area contributed by atoms with Crippen molar-refractivity contribution in [3.05, 3.63) is 29.3 Å². The van der Waals surface area contributed by atoms with Crippen molar-refractivity contribution >= 4 is 0 Å². The molecule has 0 fully saturated rings. The monoisotopic (exact) mass is 247 g/mol. The molecule has 0 saturated carbocycles. The van der Waals surface area contributed by atoms with Gasteiger partial charge in [-0.15, -0.1) is 0 Å². The summed E-state index contributed by atoms with van der Waals surface area (Å²) in [6.45, 7) is 7.63. The van der Waals surface area contributed by atoms with E-state index in [0.29, 0.717) is 0 Å². The Labute approximate surface area is 111 Å². The third kappa shape index (κ3) is 3.49. The summed E-state index contributed by atoms with van der Waals surface area (Å²) >= 11 is 0. The summed E-state index contributed by atoms with van der Waals surface area (Å²) in [7, 11) is 0. The smallest absolute Gasteiger partial charge is 0.122 e. The Bertz CT molecular complexity index is 371. The van der Waals surface area contributed by atoms with Gasteiger partial charge in [0.25, 0.3) is 0 Å². The zero-order valence-electron chi connectivity index (χ0n) is 11.7. The molecule has 2 nitrogen and oxygen atoms in total. The van der Waals surface area contributed by atoms with Gasteiger partial charge in [0.2, 0.25) is 0 Å². The SMILES string of the molecule is CCC(CC)CNCCc1ccc2c(c1)CCO2. The van der Waals surface area contributed by atoms with Crippen molar-refractivity contribution in [2.45, 2.75) is 39.5 Å². The fraction of sp³-hybridized carbons (Fsp3) is 0.625. The lowest BCUT2D eigenvalue weighted by molar-refractivity contribution is 0.357. The summed E-state index contributed by atoms with van der Waals surface area (Å²) < 4.78 is 5.52. The fourth-order valence-corrected chi connectivity index (χ4v) is 2.51. The maximum Gasteiger partial charge on any atom is 0.122 e. The van der Waals surface area contributed by atoms with E-state index in [4.69, 9.17) is 4.74 Å². The molecule has 0 unspecified atom stereocenters. The molecule has 1 aliphatic heterocycles. The topological polar surface area (TPSA) is 21.3 Å². The summed E-state index contributed by atoms with van der Waals surface area (Å²) in [6, 6.07) is 6.63. The van der Waals surface area contributed by atoms with Crippen molar-refractivity contribution in [3.8, 4) is 5.75 Å². The van der Waals surface area contributed by atoms with Crippen molar-refractivity contribution in [2.75, 3.05) is 19.7 Å². The van der Waals surface area contributed by atoms with Crippen LogP contribution in [0.2, 0.25) is 0 Å². The third-order valence-corrected chi connectivity index (χ3v) is 3.93. The molecule has 1 heterocycles. The van der Waals surface area contributed by atoms with Crippen LogP contribution in [0.5, 0.6) is 5.75 Å². The highest BCUT2D eigenvalue weighted by atomic mass is 16.5. The minimum absolute atomic E-state index is 0.832. The van der Waals surface area contributed by atoms with Crippen molar-refractivity contribution in [1.29, 1.82) is 0 Å². The largest absolute Gasteiger partial charge is 0.493 e. The fourth-order valence-electron chi connectivity index (χ4n) is 2.51. The van der Waals surface area contributed by atoms with Crippen LogP contribution in [0.4, 0.5) is 0 Å². The number of benzene rings is 1. The molecule has 1 aromatic rings. The van der Waals surface area contributed by atoms with Crippen molar-refractivity contribution in [3.63, 3.8) is 0 Å². The van der Waals surface area contributed by atoms with E-state index in [1.807, 2.05) is 0 Å². The maximum atomic E-state index is 5.52. The van der Waals surface area contributed by atoms with E-state index in [1.54, 1.807) is 0 Å². The van der Waals surface area contributed by atoms with Gasteiger partial charge in [0.15, 0.2) is 0 Å². The average molecular weight is 247 g/mol. The number of hydrogen-bond donors (Lipinski definition) is 1. The van der Waals surface area contributed by atoms with Crippen LogP contribution in [0, 0.1) is 5.92 Å².